The van der Waals surface area contributed by atoms with Crippen LogP contribution in [0.1, 0.15) is 10.4 Å². The van der Waals surface area contributed by atoms with Gasteiger partial charge in [0.15, 0.2) is 0 Å². The molecule has 0 aliphatic rings. The van der Waals surface area contributed by atoms with Crippen molar-refractivity contribution in [3.63, 3.8) is 0 Å². The Morgan fingerprint density at radius 2 is 1.85 bits per heavy atom. The van der Waals surface area contributed by atoms with Gasteiger partial charge in [-0.3, -0.25) is 0 Å². The van der Waals surface area contributed by atoms with Gasteiger partial charge in [-0.2, -0.15) is 0 Å². The number of nitrogen functional groups attached to an aromatic ring is 1. The lowest BCUT2D eigenvalue weighted by Crippen LogP contribution is -2.02. The van der Waals surface area contributed by atoms with Gasteiger partial charge in [0.1, 0.15) is 0 Å². The zero-order chi connectivity index (χ0) is 14.1. The van der Waals surface area contributed by atoms with Crippen LogP contribution in [0.15, 0.2) is 54.6 Å². The molecule has 0 atom stereocenters. The number of benzene rings is 2. The molecule has 0 fully saturated rings. The Bertz CT molecular complexity index is 812. The minimum atomic E-state index is -1.03. The Kier molecular flexibility index (Phi) is 2.84. The SMILES string of the molecule is Nc1cc(-c2ccc3ccccc3n2)ccc1C(=O)O. The third-order valence-corrected chi connectivity index (χ3v) is 3.18. The number of nitrogens with zero attached hydrogens (tertiary/aromatic N) is 1. The summed E-state index contributed by atoms with van der Waals surface area (Å²) in [6.45, 7) is 0. The molecule has 3 N–H and O–H groups in total. The molecule has 0 aliphatic carbocycles. The van der Waals surface area contributed by atoms with E-state index in [1.807, 2.05) is 36.4 Å². The summed E-state index contributed by atoms with van der Waals surface area (Å²) in [7, 11) is 0. The minimum absolute atomic E-state index is 0.106. The fourth-order valence-electron chi connectivity index (χ4n) is 2.14. The normalized spacial score (nSPS) is 10.6. The highest BCUT2D eigenvalue weighted by molar-refractivity contribution is 5.94. The lowest BCUT2D eigenvalue weighted by Gasteiger charge is -2.06. The number of fused-ring (bicyclic) bond motifs is 1. The Hall–Kier alpha value is -2.88. The fourth-order valence-corrected chi connectivity index (χ4v) is 2.14. The predicted octanol–water partition coefficient (Wildman–Crippen LogP) is 3.18. The molecule has 2 aromatic carbocycles. The summed E-state index contributed by atoms with van der Waals surface area (Å²) >= 11 is 0. The number of nitrogens with two attached hydrogens (primary N) is 1. The molecule has 98 valence electrons. The van der Waals surface area contributed by atoms with Crippen molar-refractivity contribution < 1.29 is 9.90 Å². The van der Waals surface area contributed by atoms with Crippen LogP contribution in [0.3, 0.4) is 0 Å². The van der Waals surface area contributed by atoms with Crippen LogP contribution in [0.5, 0.6) is 0 Å². The third-order valence-electron chi connectivity index (χ3n) is 3.18. The van der Waals surface area contributed by atoms with E-state index in [0.717, 1.165) is 22.2 Å². The number of carboxylic acid groups (broad SMARTS) is 1. The van der Waals surface area contributed by atoms with Crippen molar-refractivity contribution in [2.24, 2.45) is 0 Å². The maximum absolute atomic E-state index is 10.9. The van der Waals surface area contributed by atoms with Crippen molar-refractivity contribution in [2.45, 2.75) is 0 Å². The topological polar surface area (TPSA) is 76.2 Å². The van der Waals surface area contributed by atoms with Gasteiger partial charge >= 0.3 is 5.97 Å². The van der Waals surface area contributed by atoms with E-state index in [9.17, 15) is 4.79 Å². The molecule has 3 aromatic rings. The third kappa shape index (κ3) is 2.07. The van der Waals surface area contributed by atoms with E-state index < -0.39 is 5.97 Å². The van der Waals surface area contributed by atoms with Crippen molar-refractivity contribution >= 4 is 22.6 Å². The molecule has 0 aliphatic heterocycles. The van der Waals surface area contributed by atoms with Crippen LogP contribution in [0.2, 0.25) is 0 Å². The van der Waals surface area contributed by atoms with E-state index >= 15 is 0 Å². The maximum atomic E-state index is 10.9. The van der Waals surface area contributed by atoms with E-state index in [0.29, 0.717) is 0 Å². The first-order chi connectivity index (χ1) is 9.65. The number of hydrogen-bond donors (Lipinski definition) is 2. The zero-order valence-corrected chi connectivity index (χ0v) is 10.6. The lowest BCUT2D eigenvalue weighted by molar-refractivity contribution is 0.0698. The van der Waals surface area contributed by atoms with Gasteiger partial charge in [-0.15, -0.1) is 0 Å². The largest absolute Gasteiger partial charge is 0.478 e. The van der Waals surface area contributed by atoms with E-state index in [1.165, 1.54) is 6.07 Å². The van der Waals surface area contributed by atoms with Gasteiger partial charge in [0, 0.05) is 16.6 Å². The van der Waals surface area contributed by atoms with Crippen molar-refractivity contribution in [1.82, 2.24) is 4.98 Å². The van der Waals surface area contributed by atoms with Gasteiger partial charge < -0.3 is 10.8 Å². The molecule has 0 spiro atoms. The summed E-state index contributed by atoms with van der Waals surface area (Å²) in [5.74, 6) is -1.03. The van der Waals surface area contributed by atoms with Gasteiger partial charge in [0.05, 0.1) is 16.8 Å². The van der Waals surface area contributed by atoms with E-state index in [2.05, 4.69) is 4.98 Å². The average Bonchev–Trinajstić information content (AvgIpc) is 2.46. The molecule has 4 heteroatoms. The van der Waals surface area contributed by atoms with Crippen molar-refractivity contribution in [2.75, 3.05) is 5.73 Å². The molecule has 0 unspecified atom stereocenters. The first-order valence-corrected chi connectivity index (χ1v) is 6.14. The Morgan fingerprint density at radius 1 is 1.05 bits per heavy atom. The number of pyridine rings is 1. The van der Waals surface area contributed by atoms with Gasteiger partial charge in [0.2, 0.25) is 0 Å². The first kappa shape index (κ1) is 12.2. The van der Waals surface area contributed by atoms with Crippen LogP contribution in [-0.2, 0) is 0 Å². The average molecular weight is 264 g/mol. The molecule has 0 radical (unpaired) electrons. The van der Waals surface area contributed by atoms with Gasteiger partial charge in [-0.1, -0.05) is 30.3 Å². The molecule has 0 amide bonds. The molecule has 20 heavy (non-hydrogen) atoms. The fraction of sp³-hybridized carbons (Fsp3) is 0. The maximum Gasteiger partial charge on any atom is 0.337 e. The number of hydrogen-bond acceptors (Lipinski definition) is 3. The second kappa shape index (κ2) is 4.66. The monoisotopic (exact) mass is 264 g/mol. The highest BCUT2D eigenvalue weighted by Gasteiger charge is 2.09. The van der Waals surface area contributed by atoms with Crippen LogP contribution in [0.4, 0.5) is 5.69 Å². The number of rotatable bonds is 2. The molecule has 0 saturated heterocycles. The number of para-hydroxylation sites is 1. The van der Waals surface area contributed by atoms with E-state index in [1.54, 1.807) is 12.1 Å². The van der Waals surface area contributed by atoms with Crippen molar-refractivity contribution in [1.29, 1.82) is 0 Å². The van der Waals surface area contributed by atoms with Crippen LogP contribution in [-0.4, -0.2) is 16.1 Å². The van der Waals surface area contributed by atoms with Crippen molar-refractivity contribution in [3.8, 4) is 11.3 Å². The van der Waals surface area contributed by atoms with Gasteiger partial charge in [-0.25, -0.2) is 9.78 Å². The highest BCUT2D eigenvalue weighted by atomic mass is 16.4. The minimum Gasteiger partial charge on any atom is -0.478 e. The number of anilines is 1. The van der Waals surface area contributed by atoms with E-state index in [-0.39, 0.29) is 11.3 Å². The van der Waals surface area contributed by atoms with E-state index in [4.69, 9.17) is 10.8 Å². The Morgan fingerprint density at radius 3 is 2.60 bits per heavy atom. The number of carbonyl (C=O) groups is 1. The smallest absolute Gasteiger partial charge is 0.337 e. The molecule has 1 aromatic heterocycles. The highest BCUT2D eigenvalue weighted by Crippen LogP contribution is 2.24. The molecule has 0 bridgehead atoms. The first-order valence-electron chi connectivity index (χ1n) is 6.14. The Labute approximate surface area is 115 Å². The summed E-state index contributed by atoms with van der Waals surface area (Å²) in [5, 5.41) is 10.0. The predicted molar refractivity (Wildman–Crippen MR) is 78.6 cm³/mol. The summed E-state index contributed by atoms with van der Waals surface area (Å²) in [6, 6.07) is 16.6. The zero-order valence-electron chi connectivity index (χ0n) is 10.6. The summed E-state index contributed by atoms with van der Waals surface area (Å²) in [4.78, 5) is 15.5. The van der Waals surface area contributed by atoms with Crippen LogP contribution in [0.25, 0.3) is 22.2 Å². The summed E-state index contributed by atoms with van der Waals surface area (Å²) < 4.78 is 0. The second-order valence-corrected chi connectivity index (χ2v) is 4.50. The molecule has 0 saturated carbocycles. The van der Waals surface area contributed by atoms with Crippen LogP contribution in [0, 0.1) is 0 Å². The second-order valence-electron chi connectivity index (χ2n) is 4.50. The standard InChI is InChI=1S/C16H12N2O2/c17-13-9-11(5-7-12(13)16(19)20)15-8-6-10-3-1-2-4-14(10)18-15/h1-9H,17H2,(H,19,20). The summed E-state index contributed by atoms with van der Waals surface area (Å²) in [5.41, 5.74) is 8.58. The van der Waals surface area contributed by atoms with Gasteiger partial charge in [0.25, 0.3) is 0 Å². The number of carboxylic acids is 1. The molecule has 3 rings (SSSR count). The number of aromatic carboxylic acids is 1. The molecule has 4 nitrogen and oxygen atoms in total. The van der Waals surface area contributed by atoms with Crippen LogP contribution >= 0.6 is 0 Å². The summed E-state index contributed by atoms with van der Waals surface area (Å²) in [6.07, 6.45) is 0. The molecule has 1 heterocycles. The number of aromatic nitrogens is 1. The quantitative estimate of drug-likeness (QED) is 0.697. The van der Waals surface area contributed by atoms with Crippen molar-refractivity contribution in [3.05, 3.63) is 60.2 Å². The molecular weight excluding hydrogens is 252 g/mol. The van der Waals surface area contributed by atoms with Crippen LogP contribution < -0.4 is 5.73 Å². The van der Waals surface area contributed by atoms with Gasteiger partial charge in [-0.05, 0) is 24.3 Å². The Balaban J connectivity index is 2.11. The molecular formula is C16H12N2O2. The lowest BCUT2D eigenvalue weighted by atomic mass is 10.1.